The Balaban J connectivity index is 1.71. The van der Waals surface area contributed by atoms with Crippen molar-refractivity contribution in [3.63, 3.8) is 0 Å². The summed E-state index contributed by atoms with van der Waals surface area (Å²) in [4.78, 5) is 18.3. The van der Waals surface area contributed by atoms with E-state index in [1.165, 1.54) is 11.1 Å². The highest BCUT2D eigenvalue weighted by Gasteiger charge is 2.18. The van der Waals surface area contributed by atoms with Crippen LogP contribution in [-0.2, 0) is 0 Å². The quantitative estimate of drug-likeness (QED) is 0.402. The van der Waals surface area contributed by atoms with Gasteiger partial charge in [-0.15, -0.1) is 0 Å². The zero-order chi connectivity index (χ0) is 20.5. The van der Waals surface area contributed by atoms with Crippen molar-refractivity contribution in [1.29, 1.82) is 0 Å². The van der Waals surface area contributed by atoms with Crippen molar-refractivity contribution in [1.82, 2.24) is 40.0 Å². The van der Waals surface area contributed by atoms with E-state index in [-0.39, 0.29) is 0 Å². The Morgan fingerprint density at radius 3 is 2.80 bits per heavy atom. The standard InChI is InChI=1S/C20H22N10/c1-12-24-18(21-2)28-19(25-12)30-16-11-14(13-5-8-22-9-6-13)3-4-15(16)26-20(30)27-17-7-10-23-29-17/h3-5,7,10-11,22H,6,8-9H2,1-2H3,(H,21,24,25,28)(H2,23,26,27,29). The van der Waals surface area contributed by atoms with Crippen molar-refractivity contribution >= 4 is 34.3 Å². The lowest BCUT2D eigenvalue weighted by Gasteiger charge is -2.15. The second-order valence-electron chi connectivity index (χ2n) is 7.01. The second kappa shape index (κ2) is 7.56. The molecule has 0 bridgehead atoms. The van der Waals surface area contributed by atoms with E-state index < -0.39 is 0 Å². The molecule has 0 atom stereocenters. The molecule has 0 fully saturated rings. The minimum absolute atomic E-state index is 0.493. The maximum absolute atomic E-state index is 4.79. The summed E-state index contributed by atoms with van der Waals surface area (Å²) in [6.07, 6.45) is 4.91. The van der Waals surface area contributed by atoms with E-state index in [1.807, 2.05) is 23.6 Å². The first-order valence-electron chi connectivity index (χ1n) is 9.81. The average molecular weight is 402 g/mol. The van der Waals surface area contributed by atoms with E-state index in [0.717, 1.165) is 36.4 Å². The SMILES string of the molecule is CNc1nc(C)nc(-n2c(Nc3ccn[nH]3)nc3ccc(C4=CCNCC4)cc32)n1. The highest BCUT2D eigenvalue weighted by molar-refractivity contribution is 5.85. The van der Waals surface area contributed by atoms with Crippen molar-refractivity contribution < 1.29 is 0 Å². The maximum atomic E-state index is 4.79. The Labute approximate surface area is 172 Å². The number of anilines is 3. The summed E-state index contributed by atoms with van der Waals surface area (Å²) in [6, 6.07) is 8.14. The molecule has 0 radical (unpaired) electrons. The Kier molecular flexibility index (Phi) is 4.60. The number of imidazole rings is 1. The minimum Gasteiger partial charge on any atom is -0.357 e. The van der Waals surface area contributed by atoms with Gasteiger partial charge in [-0.2, -0.15) is 20.1 Å². The highest BCUT2D eigenvalue weighted by Crippen LogP contribution is 2.29. The number of H-pyrrole nitrogens is 1. The number of aromatic nitrogens is 7. The predicted molar refractivity (Wildman–Crippen MR) is 116 cm³/mol. The topological polar surface area (TPSA) is 121 Å². The van der Waals surface area contributed by atoms with Gasteiger partial charge in [-0.05, 0) is 43.2 Å². The van der Waals surface area contributed by atoms with Crippen molar-refractivity contribution in [2.24, 2.45) is 0 Å². The van der Waals surface area contributed by atoms with Gasteiger partial charge in [0.05, 0.1) is 17.2 Å². The lowest BCUT2D eigenvalue weighted by molar-refractivity contribution is 0.738. The molecular formula is C20H22N10. The summed E-state index contributed by atoms with van der Waals surface area (Å²) in [6.45, 7) is 3.71. The number of aryl methyl sites for hydroxylation is 1. The highest BCUT2D eigenvalue weighted by atomic mass is 15.3. The summed E-state index contributed by atoms with van der Waals surface area (Å²) >= 11 is 0. The predicted octanol–water partition coefficient (Wildman–Crippen LogP) is 2.40. The Bertz CT molecular complexity index is 1220. The van der Waals surface area contributed by atoms with E-state index in [4.69, 9.17) is 4.98 Å². The van der Waals surface area contributed by atoms with Gasteiger partial charge in [0, 0.05) is 19.7 Å². The molecule has 0 spiro atoms. The molecule has 1 aromatic carbocycles. The Hall–Kier alpha value is -3.79. The Morgan fingerprint density at radius 2 is 2.03 bits per heavy atom. The molecule has 10 heteroatoms. The molecule has 1 aliphatic heterocycles. The molecule has 4 aromatic rings. The number of nitrogens with zero attached hydrogens (tertiary/aromatic N) is 6. The molecule has 30 heavy (non-hydrogen) atoms. The van der Waals surface area contributed by atoms with Crippen LogP contribution in [0.2, 0.25) is 0 Å². The fraction of sp³-hybridized carbons (Fsp3) is 0.250. The molecule has 0 amide bonds. The van der Waals surface area contributed by atoms with Crippen molar-refractivity contribution in [2.75, 3.05) is 30.8 Å². The van der Waals surface area contributed by atoms with Crippen LogP contribution in [0.3, 0.4) is 0 Å². The summed E-state index contributed by atoms with van der Waals surface area (Å²) in [5.74, 6) is 2.94. The summed E-state index contributed by atoms with van der Waals surface area (Å²) < 4.78 is 1.91. The van der Waals surface area contributed by atoms with Crippen LogP contribution in [0, 0.1) is 6.92 Å². The molecule has 4 heterocycles. The van der Waals surface area contributed by atoms with Crippen LogP contribution in [0.4, 0.5) is 17.7 Å². The smallest absolute Gasteiger partial charge is 0.242 e. The lowest BCUT2D eigenvalue weighted by atomic mass is 10.00. The fourth-order valence-corrected chi connectivity index (χ4v) is 3.57. The van der Waals surface area contributed by atoms with Gasteiger partial charge in [-0.25, -0.2) is 9.55 Å². The monoisotopic (exact) mass is 402 g/mol. The van der Waals surface area contributed by atoms with Gasteiger partial charge < -0.3 is 16.0 Å². The summed E-state index contributed by atoms with van der Waals surface area (Å²) in [5.41, 5.74) is 4.27. The zero-order valence-corrected chi connectivity index (χ0v) is 16.8. The molecular weight excluding hydrogens is 380 g/mol. The molecule has 10 nitrogen and oxygen atoms in total. The number of hydrogen-bond acceptors (Lipinski definition) is 8. The first kappa shape index (κ1) is 18.3. The largest absolute Gasteiger partial charge is 0.357 e. The molecule has 5 rings (SSSR count). The third-order valence-electron chi connectivity index (χ3n) is 5.00. The first-order chi connectivity index (χ1) is 14.7. The zero-order valence-electron chi connectivity index (χ0n) is 16.8. The van der Waals surface area contributed by atoms with Crippen LogP contribution in [-0.4, -0.2) is 54.8 Å². The molecule has 3 aromatic heterocycles. The fourth-order valence-electron chi connectivity index (χ4n) is 3.57. The van der Waals surface area contributed by atoms with Crippen molar-refractivity contribution in [3.8, 4) is 5.95 Å². The lowest BCUT2D eigenvalue weighted by Crippen LogP contribution is -2.20. The summed E-state index contributed by atoms with van der Waals surface area (Å²) in [5, 5.41) is 16.6. The summed E-state index contributed by atoms with van der Waals surface area (Å²) in [7, 11) is 1.79. The maximum Gasteiger partial charge on any atom is 0.242 e. The van der Waals surface area contributed by atoms with Gasteiger partial charge in [0.2, 0.25) is 17.8 Å². The first-order valence-corrected chi connectivity index (χ1v) is 9.81. The molecule has 152 valence electrons. The van der Waals surface area contributed by atoms with Crippen molar-refractivity contribution in [3.05, 3.63) is 47.9 Å². The molecule has 4 N–H and O–H groups in total. The average Bonchev–Trinajstić information content (AvgIpc) is 3.41. The van der Waals surface area contributed by atoms with E-state index in [1.54, 1.807) is 13.2 Å². The number of benzene rings is 1. The normalized spacial score (nSPS) is 14.0. The molecule has 0 saturated carbocycles. The number of rotatable bonds is 5. The second-order valence-corrected chi connectivity index (χ2v) is 7.01. The van der Waals surface area contributed by atoms with Gasteiger partial charge >= 0.3 is 0 Å². The number of hydrogen-bond donors (Lipinski definition) is 4. The van der Waals surface area contributed by atoms with Crippen LogP contribution in [0.25, 0.3) is 22.6 Å². The van der Waals surface area contributed by atoms with E-state index >= 15 is 0 Å². The van der Waals surface area contributed by atoms with Gasteiger partial charge in [-0.1, -0.05) is 12.1 Å². The third kappa shape index (κ3) is 3.37. The van der Waals surface area contributed by atoms with Crippen LogP contribution >= 0.6 is 0 Å². The molecule has 1 aliphatic rings. The van der Waals surface area contributed by atoms with Crippen LogP contribution in [0.1, 0.15) is 17.8 Å². The molecule has 0 unspecified atom stereocenters. The number of nitrogens with one attached hydrogen (secondary N) is 4. The van der Waals surface area contributed by atoms with E-state index in [0.29, 0.717) is 23.7 Å². The van der Waals surface area contributed by atoms with Gasteiger partial charge in [0.1, 0.15) is 11.6 Å². The van der Waals surface area contributed by atoms with Crippen LogP contribution < -0.4 is 16.0 Å². The number of aromatic amines is 1. The molecule has 0 aliphatic carbocycles. The minimum atomic E-state index is 0.493. The van der Waals surface area contributed by atoms with Gasteiger partial charge in [0.25, 0.3) is 0 Å². The molecule has 0 saturated heterocycles. The van der Waals surface area contributed by atoms with Gasteiger partial charge in [0.15, 0.2) is 0 Å². The van der Waals surface area contributed by atoms with Crippen molar-refractivity contribution in [2.45, 2.75) is 13.3 Å². The number of fused-ring (bicyclic) bond motifs is 1. The third-order valence-corrected chi connectivity index (χ3v) is 5.00. The van der Waals surface area contributed by atoms with Crippen LogP contribution in [0.15, 0.2) is 36.5 Å². The van der Waals surface area contributed by atoms with Gasteiger partial charge in [-0.3, -0.25) is 5.10 Å². The Morgan fingerprint density at radius 1 is 1.10 bits per heavy atom. The van der Waals surface area contributed by atoms with Crippen LogP contribution in [0.5, 0.6) is 0 Å². The van der Waals surface area contributed by atoms with E-state index in [2.05, 4.69) is 59.3 Å². The van der Waals surface area contributed by atoms with E-state index in [9.17, 15) is 0 Å².